The van der Waals surface area contributed by atoms with Crippen LogP contribution in [0.5, 0.6) is 0 Å². The second-order valence-corrected chi connectivity index (χ2v) is 5.25. The molecular weight excluding hydrogens is 206 g/mol. The molecule has 0 saturated carbocycles. The van der Waals surface area contributed by atoms with Gasteiger partial charge in [-0.2, -0.15) is 5.10 Å². The number of aromatic nitrogens is 2. The highest BCUT2D eigenvalue weighted by atomic mass is 32.1. The van der Waals surface area contributed by atoms with Gasteiger partial charge in [-0.25, -0.2) is 0 Å². The fourth-order valence-corrected chi connectivity index (χ4v) is 2.93. The van der Waals surface area contributed by atoms with Crippen molar-refractivity contribution in [1.82, 2.24) is 10.2 Å². The van der Waals surface area contributed by atoms with Crippen LogP contribution in [0, 0.1) is 5.92 Å². The summed E-state index contributed by atoms with van der Waals surface area (Å²) in [7, 11) is 0. The number of rotatable bonds is 1. The summed E-state index contributed by atoms with van der Waals surface area (Å²) in [5, 5.41) is 8.21. The van der Waals surface area contributed by atoms with Gasteiger partial charge in [0, 0.05) is 11.9 Å². The van der Waals surface area contributed by atoms with Gasteiger partial charge < -0.3 is 0 Å². The smallest absolute Gasteiger partial charge is 0.118 e. The van der Waals surface area contributed by atoms with Crippen LogP contribution in [0.25, 0.3) is 10.2 Å². The maximum Gasteiger partial charge on any atom is 0.118 e. The van der Waals surface area contributed by atoms with E-state index in [4.69, 9.17) is 0 Å². The molecule has 3 nitrogen and oxygen atoms in total. The van der Waals surface area contributed by atoms with Gasteiger partial charge in [0.2, 0.25) is 0 Å². The molecule has 1 unspecified atom stereocenters. The van der Waals surface area contributed by atoms with Crippen molar-refractivity contribution >= 4 is 27.3 Å². The summed E-state index contributed by atoms with van der Waals surface area (Å²) in [5.74, 6) is 0.750. The molecule has 1 aliphatic heterocycles. The number of aromatic amines is 1. The lowest BCUT2D eigenvalue weighted by molar-refractivity contribution is 0.539. The first-order valence-electron chi connectivity index (χ1n) is 5.29. The number of nitrogens with one attached hydrogen (secondary N) is 1. The summed E-state index contributed by atoms with van der Waals surface area (Å²) < 4.78 is 0. The second-order valence-electron chi connectivity index (χ2n) is 4.20. The SMILES string of the molecule is CC1CCC(c2cc3cn[nH]c3s2)=NC1. The number of hydrogen-bond acceptors (Lipinski definition) is 3. The average molecular weight is 219 g/mol. The summed E-state index contributed by atoms with van der Waals surface area (Å²) in [6, 6.07) is 2.19. The summed E-state index contributed by atoms with van der Waals surface area (Å²) in [6.45, 7) is 3.25. The lowest BCUT2D eigenvalue weighted by Crippen LogP contribution is -2.13. The monoisotopic (exact) mass is 219 g/mol. The number of fused-ring (bicyclic) bond motifs is 1. The zero-order valence-corrected chi connectivity index (χ0v) is 9.47. The van der Waals surface area contributed by atoms with Gasteiger partial charge in [0.15, 0.2) is 0 Å². The lowest BCUT2D eigenvalue weighted by atomic mass is 9.99. The van der Waals surface area contributed by atoms with Crippen LogP contribution in [0.1, 0.15) is 24.6 Å². The Morgan fingerprint density at radius 3 is 3.20 bits per heavy atom. The van der Waals surface area contributed by atoms with Crippen molar-refractivity contribution in [1.29, 1.82) is 0 Å². The van der Waals surface area contributed by atoms with Gasteiger partial charge in [0.25, 0.3) is 0 Å². The first-order chi connectivity index (χ1) is 7.33. The molecule has 0 amide bonds. The normalized spacial score (nSPS) is 21.9. The van der Waals surface area contributed by atoms with Gasteiger partial charge in [0.1, 0.15) is 4.83 Å². The number of thiophene rings is 1. The van der Waals surface area contributed by atoms with E-state index in [1.165, 1.54) is 22.4 Å². The van der Waals surface area contributed by atoms with Crippen molar-refractivity contribution in [2.45, 2.75) is 19.8 Å². The number of nitrogens with zero attached hydrogens (tertiary/aromatic N) is 2. The lowest BCUT2D eigenvalue weighted by Gasteiger charge is -2.16. The van der Waals surface area contributed by atoms with E-state index in [1.807, 2.05) is 6.20 Å². The summed E-state index contributed by atoms with van der Waals surface area (Å²) in [6.07, 6.45) is 4.27. The molecule has 4 heteroatoms. The van der Waals surface area contributed by atoms with Crippen LogP contribution in [0.3, 0.4) is 0 Å². The molecule has 3 heterocycles. The molecule has 0 bridgehead atoms. The summed E-state index contributed by atoms with van der Waals surface area (Å²) in [5.41, 5.74) is 1.28. The van der Waals surface area contributed by atoms with Gasteiger partial charge in [0.05, 0.1) is 16.8 Å². The predicted molar refractivity (Wildman–Crippen MR) is 63.8 cm³/mol. The Morgan fingerprint density at radius 1 is 1.53 bits per heavy atom. The van der Waals surface area contributed by atoms with E-state index < -0.39 is 0 Å². The topological polar surface area (TPSA) is 41.0 Å². The Morgan fingerprint density at radius 2 is 2.47 bits per heavy atom. The van der Waals surface area contributed by atoms with E-state index in [-0.39, 0.29) is 0 Å². The van der Waals surface area contributed by atoms with Crippen molar-refractivity contribution in [2.24, 2.45) is 10.9 Å². The minimum Gasteiger partial charge on any atom is -0.288 e. The zero-order chi connectivity index (χ0) is 10.3. The third kappa shape index (κ3) is 1.59. The Balaban J connectivity index is 1.97. The van der Waals surface area contributed by atoms with Crippen LogP contribution in [0.4, 0.5) is 0 Å². The van der Waals surface area contributed by atoms with Crippen molar-refractivity contribution in [3.8, 4) is 0 Å². The Kier molecular flexibility index (Phi) is 2.09. The zero-order valence-electron chi connectivity index (χ0n) is 8.66. The maximum absolute atomic E-state index is 4.65. The van der Waals surface area contributed by atoms with E-state index in [1.54, 1.807) is 11.3 Å². The van der Waals surface area contributed by atoms with Crippen molar-refractivity contribution in [3.63, 3.8) is 0 Å². The maximum atomic E-state index is 4.65. The van der Waals surface area contributed by atoms with Crippen LogP contribution in [0.2, 0.25) is 0 Å². The molecule has 1 aliphatic rings. The summed E-state index contributed by atoms with van der Waals surface area (Å²) >= 11 is 1.76. The van der Waals surface area contributed by atoms with Crippen LogP contribution in [0.15, 0.2) is 17.3 Å². The third-order valence-electron chi connectivity index (χ3n) is 2.88. The molecule has 2 aromatic heterocycles. The molecule has 0 aromatic carbocycles. The number of H-pyrrole nitrogens is 1. The molecule has 2 aromatic rings. The van der Waals surface area contributed by atoms with Crippen LogP contribution >= 0.6 is 11.3 Å². The summed E-state index contributed by atoms with van der Waals surface area (Å²) in [4.78, 5) is 7.12. The van der Waals surface area contributed by atoms with E-state index in [9.17, 15) is 0 Å². The van der Waals surface area contributed by atoms with Crippen LogP contribution in [-0.4, -0.2) is 22.5 Å². The van der Waals surface area contributed by atoms with Gasteiger partial charge in [-0.05, 0) is 24.8 Å². The van der Waals surface area contributed by atoms with E-state index in [0.717, 1.165) is 23.7 Å². The van der Waals surface area contributed by atoms with Gasteiger partial charge in [-0.3, -0.25) is 10.1 Å². The van der Waals surface area contributed by atoms with Crippen LogP contribution < -0.4 is 0 Å². The highest BCUT2D eigenvalue weighted by molar-refractivity contribution is 7.20. The highest BCUT2D eigenvalue weighted by Gasteiger charge is 2.15. The average Bonchev–Trinajstić information content (AvgIpc) is 2.78. The molecule has 3 rings (SSSR count). The highest BCUT2D eigenvalue weighted by Crippen LogP contribution is 2.27. The molecule has 1 atom stereocenters. The largest absolute Gasteiger partial charge is 0.288 e. The predicted octanol–water partition coefficient (Wildman–Crippen LogP) is 2.84. The minimum atomic E-state index is 0.750. The quantitative estimate of drug-likeness (QED) is 0.787. The first-order valence-corrected chi connectivity index (χ1v) is 6.11. The molecule has 78 valence electrons. The van der Waals surface area contributed by atoms with E-state index in [0.29, 0.717) is 0 Å². The molecular formula is C11H13N3S. The molecule has 0 spiro atoms. The fraction of sp³-hybridized carbons (Fsp3) is 0.455. The van der Waals surface area contributed by atoms with Gasteiger partial charge in [-0.1, -0.05) is 6.92 Å². The molecule has 0 fully saturated rings. The van der Waals surface area contributed by atoms with Crippen LogP contribution in [-0.2, 0) is 0 Å². The molecule has 0 saturated heterocycles. The molecule has 1 N–H and O–H groups in total. The van der Waals surface area contributed by atoms with Gasteiger partial charge >= 0.3 is 0 Å². The van der Waals surface area contributed by atoms with Crippen molar-refractivity contribution in [3.05, 3.63) is 17.1 Å². The number of hydrogen-bond donors (Lipinski definition) is 1. The second kappa shape index (κ2) is 3.45. The molecule has 15 heavy (non-hydrogen) atoms. The standard InChI is InChI=1S/C11H13N3S/c1-7-2-3-9(12-5-7)10-4-8-6-13-14-11(8)15-10/h4,6-7H,2-3,5H2,1H3,(H,13,14). The Hall–Kier alpha value is -1.16. The molecule has 0 radical (unpaired) electrons. The van der Waals surface area contributed by atoms with Crippen molar-refractivity contribution in [2.75, 3.05) is 6.54 Å². The first kappa shape index (κ1) is 9.09. The Bertz CT molecular complexity index is 480. The van der Waals surface area contributed by atoms with E-state index >= 15 is 0 Å². The van der Waals surface area contributed by atoms with Gasteiger partial charge in [-0.15, -0.1) is 11.3 Å². The Labute approximate surface area is 92.2 Å². The molecule has 0 aliphatic carbocycles. The number of aliphatic imine (C=N–C) groups is 1. The third-order valence-corrected chi connectivity index (χ3v) is 3.99. The minimum absolute atomic E-state index is 0.750. The van der Waals surface area contributed by atoms with Crippen molar-refractivity contribution < 1.29 is 0 Å². The fourth-order valence-electron chi connectivity index (χ4n) is 1.91. The van der Waals surface area contributed by atoms with E-state index in [2.05, 4.69) is 28.2 Å².